The molecule has 0 fully saturated rings. The molecule has 7 nitrogen and oxygen atoms in total. The van der Waals surface area contributed by atoms with Crippen LogP contribution in [-0.2, 0) is 20.7 Å². The van der Waals surface area contributed by atoms with Crippen LogP contribution >= 0.6 is 11.6 Å². The number of benzene rings is 1. The van der Waals surface area contributed by atoms with Crippen LogP contribution in [0.3, 0.4) is 0 Å². The number of aryl methyl sites for hydroxylation is 2. The number of carbonyl (C=O) groups is 2. The van der Waals surface area contributed by atoms with Gasteiger partial charge in [0.2, 0.25) is 5.89 Å². The average Bonchev–Trinajstić information content (AvgIpc) is 3.05. The first-order chi connectivity index (χ1) is 12.3. The van der Waals surface area contributed by atoms with Crippen LogP contribution in [0.25, 0.3) is 0 Å². The minimum atomic E-state index is -0.935. The van der Waals surface area contributed by atoms with Gasteiger partial charge in [0.15, 0.2) is 11.9 Å². The molecule has 0 aliphatic rings. The van der Waals surface area contributed by atoms with E-state index in [9.17, 15) is 9.59 Å². The first-order valence-electron chi connectivity index (χ1n) is 8.35. The van der Waals surface area contributed by atoms with Gasteiger partial charge in [-0.3, -0.25) is 9.59 Å². The van der Waals surface area contributed by atoms with E-state index in [2.05, 4.69) is 15.5 Å². The number of hydrogen-bond donors (Lipinski definition) is 1. The van der Waals surface area contributed by atoms with Crippen molar-refractivity contribution in [2.75, 3.05) is 5.32 Å². The highest BCUT2D eigenvalue weighted by Crippen LogP contribution is 2.20. The van der Waals surface area contributed by atoms with Gasteiger partial charge in [0.25, 0.3) is 5.91 Å². The molecule has 0 saturated heterocycles. The third-order valence-corrected chi connectivity index (χ3v) is 3.91. The topological polar surface area (TPSA) is 94.3 Å². The molecule has 0 spiro atoms. The second-order valence-corrected chi connectivity index (χ2v) is 6.72. The normalized spacial score (nSPS) is 12.1. The van der Waals surface area contributed by atoms with Crippen LogP contribution in [0.15, 0.2) is 22.7 Å². The fourth-order valence-electron chi connectivity index (χ4n) is 2.09. The molecule has 26 heavy (non-hydrogen) atoms. The Morgan fingerprint density at radius 2 is 2.04 bits per heavy atom. The van der Waals surface area contributed by atoms with Crippen molar-refractivity contribution in [3.05, 3.63) is 40.5 Å². The van der Waals surface area contributed by atoms with E-state index in [1.165, 1.54) is 6.92 Å². The van der Waals surface area contributed by atoms with Crippen LogP contribution in [-0.4, -0.2) is 28.1 Å². The number of hydrogen-bond acceptors (Lipinski definition) is 6. The summed E-state index contributed by atoms with van der Waals surface area (Å²) >= 11 is 5.93. The molecule has 0 radical (unpaired) electrons. The molecule has 1 atom stereocenters. The highest BCUT2D eigenvalue weighted by molar-refractivity contribution is 6.31. The van der Waals surface area contributed by atoms with Gasteiger partial charge in [-0.2, -0.15) is 4.98 Å². The van der Waals surface area contributed by atoms with Crippen molar-refractivity contribution >= 4 is 29.2 Å². The monoisotopic (exact) mass is 379 g/mol. The number of amides is 1. The molecule has 1 aromatic heterocycles. The molecule has 0 bridgehead atoms. The standard InChI is InChI=1S/C18H22ClN3O4/c1-10(2)17-21-15(26-22-17)7-8-16(23)25-12(4)18(24)20-14-9-13(19)6-5-11(14)3/h5-6,9-10,12H,7-8H2,1-4H3,(H,20,24)/t12-/m1/s1. The average molecular weight is 380 g/mol. The minimum absolute atomic E-state index is 0.0491. The molecular formula is C18H22ClN3O4. The Bertz CT molecular complexity index is 788. The summed E-state index contributed by atoms with van der Waals surface area (Å²) in [4.78, 5) is 28.3. The van der Waals surface area contributed by atoms with Crippen LogP contribution in [0.2, 0.25) is 5.02 Å². The number of anilines is 1. The van der Waals surface area contributed by atoms with Gasteiger partial charge in [-0.15, -0.1) is 0 Å². The first kappa shape index (κ1) is 19.9. The van der Waals surface area contributed by atoms with E-state index in [1.54, 1.807) is 18.2 Å². The van der Waals surface area contributed by atoms with Gasteiger partial charge in [-0.25, -0.2) is 0 Å². The Morgan fingerprint density at radius 3 is 2.69 bits per heavy atom. The van der Waals surface area contributed by atoms with Crippen LogP contribution in [0, 0.1) is 6.92 Å². The Kier molecular flexibility index (Phi) is 6.74. The van der Waals surface area contributed by atoms with Crippen LogP contribution in [0.1, 0.15) is 50.4 Å². The molecule has 2 rings (SSSR count). The molecule has 0 aliphatic heterocycles. The highest BCUT2D eigenvalue weighted by Gasteiger charge is 2.19. The maximum absolute atomic E-state index is 12.2. The van der Waals surface area contributed by atoms with Crippen molar-refractivity contribution in [2.24, 2.45) is 0 Å². The maximum Gasteiger partial charge on any atom is 0.307 e. The number of esters is 1. The van der Waals surface area contributed by atoms with E-state index in [0.717, 1.165) is 5.56 Å². The van der Waals surface area contributed by atoms with E-state index in [4.69, 9.17) is 20.9 Å². The van der Waals surface area contributed by atoms with Crippen molar-refractivity contribution in [1.29, 1.82) is 0 Å². The van der Waals surface area contributed by atoms with E-state index in [-0.39, 0.29) is 18.8 Å². The van der Waals surface area contributed by atoms with E-state index in [0.29, 0.717) is 22.4 Å². The van der Waals surface area contributed by atoms with E-state index in [1.807, 2.05) is 20.8 Å². The summed E-state index contributed by atoms with van der Waals surface area (Å²) < 4.78 is 10.2. The van der Waals surface area contributed by atoms with E-state index >= 15 is 0 Å². The number of nitrogens with one attached hydrogen (secondary N) is 1. The first-order valence-corrected chi connectivity index (χ1v) is 8.73. The summed E-state index contributed by atoms with van der Waals surface area (Å²) in [6, 6.07) is 5.17. The van der Waals surface area contributed by atoms with Crippen LogP contribution < -0.4 is 5.32 Å². The fraction of sp³-hybridized carbons (Fsp3) is 0.444. The fourth-order valence-corrected chi connectivity index (χ4v) is 2.26. The Morgan fingerprint density at radius 1 is 1.31 bits per heavy atom. The summed E-state index contributed by atoms with van der Waals surface area (Å²) in [5, 5.41) is 7.05. The predicted octanol–water partition coefficient (Wildman–Crippen LogP) is 3.66. The molecule has 8 heteroatoms. The molecule has 0 unspecified atom stereocenters. The molecule has 1 N–H and O–H groups in total. The largest absolute Gasteiger partial charge is 0.453 e. The Balaban J connectivity index is 1.83. The van der Waals surface area contributed by atoms with Crippen molar-refractivity contribution in [1.82, 2.24) is 10.1 Å². The molecule has 1 heterocycles. The molecule has 140 valence electrons. The SMILES string of the molecule is Cc1ccc(Cl)cc1NC(=O)[C@@H](C)OC(=O)CCc1nc(C(C)C)no1. The zero-order valence-electron chi connectivity index (χ0n) is 15.2. The summed E-state index contributed by atoms with van der Waals surface area (Å²) in [5.74, 6) is 0.178. The smallest absolute Gasteiger partial charge is 0.307 e. The van der Waals surface area contributed by atoms with Gasteiger partial charge in [0.1, 0.15) is 0 Å². The van der Waals surface area contributed by atoms with Crippen molar-refractivity contribution in [3.63, 3.8) is 0 Å². The molecule has 2 aromatic rings. The van der Waals surface area contributed by atoms with Crippen molar-refractivity contribution in [3.8, 4) is 0 Å². The second kappa shape index (κ2) is 8.80. The summed E-state index contributed by atoms with van der Waals surface area (Å²) in [5.41, 5.74) is 1.44. The van der Waals surface area contributed by atoms with Gasteiger partial charge in [-0.05, 0) is 31.5 Å². The lowest BCUT2D eigenvalue weighted by Crippen LogP contribution is -2.30. The van der Waals surface area contributed by atoms with Gasteiger partial charge in [-0.1, -0.05) is 36.7 Å². The quantitative estimate of drug-likeness (QED) is 0.738. The number of rotatable bonds is 7. The summed E-state index contributed by atoms with van der Waals surface area (Å²) in [6.07, 6.45) is -0.622. The zero-order chi connectivity index (χ0) is 19.3. The Labute approximate surface area is 157 Å². The number of aromatic nitrogens is 2. The maximum atomic E-state index is 12.2. The predicted molar refractivity (Wildman–Crippen MR) is 97.1 cm³/mol. The molecule has 0 saturated carbocycles. The lowest BCUT2D eigenvalue weighted by atomic mass is 10.2. The summed E-state index contributed by atoms with van der Waals surface area (Å²) in [7, 11) is 0. The van der Waals surface area contributed by atoms with Crippen molar-refractivity contribution < 1.29 is 18.8 Å². The number of nitrogens with zero attached hydrogens (tertiary/aromatic N) is 2. The lowest BCUT2D eigenvalue weighted by molar-refractivity contribution is -0.153. The highest BCUT2D eigenvalue weighted by atomic mass is 35.5. The minimum Gasteiger partial charge on any atom is -0.453 e. The summed E-state index contributed by atoms with van der Waals surface area (Å²) in [6.45, 7) is 7.25. The van der Waals surface area contributed by atoms with Gasteiger partial charge < -0.3 is 14.6 Å². The Hall–Kier alpha value is -2.41. The number of halogens is 1. The van der Waals surface area contributed by atoms with E-state index < -0.39 is 18.0 Å². The molecule has 0 aliphatic carbocycles. The van der Waals surface area contributed by atoms with Crippen molar-refractivity contribution in [2.45, 2.75) is 52.6 Å². The zero-order valence-corrected chi connectivity index (χ0v) is 16.0. The molecule has 1 amide bonds. The van der Waals surface area contributed by atoms with Gasteiger partial charge >= 0.3 is 5.97 Å². The second-order valence-electron chi connectivity index (χ2n) is 6.28. The molecule has 1 aromatic carbocycles. The molecular weight excluding hydrogens is 358 g/mol. The van der Waals surface area contributed by atoms with Crippen LogP contribution in [0.4, 0.5) is 5.69 Å². The number of carbonyl (C=O) groups excluding carboxylic acids is 2. The number of ether oxygens (including phenoxy) is 1. The van der Waals surface area contributed by atoms with Gasteiger partial charge in [0.05, 0.1) is 6.42 Å². The van der Waals surface area contributed by atoms with Gasteiger partial charge in [0, 0.05) is 23.0 Å². The third-order valence-electron chi connectivity index (χ3n) is 3.68. The van der Waals surface area contributed by atoms with Crippen LogP contribution in [0.5, 0.6) is 0 Å². The lowest BCUT2D eigenvalue weighted by Gasteiger charge is -2.14. The third kappa shape index (κ3) is 5.56.